The number of halogens is 3. The van der Waals surface area contributed by atoms with Gasteiger partial charge in [0.05, 0.1) is 11.9 Å². The van der Waals surface area contributed by atoms with E-state index in [1.54, 1.807) is 24.4 Å². The monoisotopic (exact) mass is 522 g/mol. The number of hydrogen-bond donors (Lipinski definition) is 2. The Morgan fingerprint density at radius 1 is 1.05 bits per heavy atom. The first-order valence-electron chi connectivity index (χ1n) is 11.5. The maximum Gasteiger partial charge on any atom is 0.270 e. The van der Waals surface area contributed by atoms with Crippen LogP contribution in [-0.4, -0.2) is 26.1 Å². The molecule has 0 saturated carbocycles. The van der Waals surface area contributed by atoms with Crippen LogP contribution in [0.4, 0.5) is 18.9 Å². The Balaban J connectivity index is 1.37. The SMILES string of the molecule is CC(C)c1ccc(F)cc1NC(=S)N/N=C/c1ccc(-c2ncn(-c3ccc(C(C)(F)F)cc3)n2)cc1. The van der Waals surface area contributed by atoms with Crippen LogP contribution in [-0.2, 0) is 5.92 Å². The number of rotatable bonds is 7. The number of nitrogens with zero attached hydrogens (tertiary/aromatic N) is 4. The van der Waals surface area contributed by atoms with Crippen LogP contribution in [0.15, 0.2) is 78.2 Å². The zero-order valence-electron chi connectivity index (χ0n) is 20.4. The highest BCUT2D eigenvalue weighted by Gasteiger charge is 2.23. The summed E-state index contributed by atoms with van der Waals surface area (Å²) in [5.41, 5.74) is 6.44. The number of aromatic nitrogens is 3. The lowest BCUT2D eigenvalue weighted by Gasteiger charge is -2.14. The second-order valence-electron chi connectivity index (χ2n) is 8.78. The summed E-state index contributed by atoms with van der Waals surface area (Å²) < 4.78 is 42.1. The first-order valence-corrected chi connectivity index (χ1v) is 11.9. The molecule has 190 valence electrons. The Hall–Kier alpha value is -4.05. The van der Waals surface area contributed by atoms with E-state index in [0.29, 0.717) is 17.2 Å². The summed E-state index contributed by atoms with van der Waals surface area (Å²) in [6.45, 7) is 4.90. The van der Waals surface area contributed by atoms with Gasteiger partial charge in [-0.05, 0) is 53.5 Å². The number of hydrazone groups is 1. The van der Waals surface area contributed by atoms with Crippen molar-refractivity contribution in [2.24, 2.45) is 5.10 Å². The zero-order valence-corrected chi connectivity index (χ0v) is 21.2. The molecule has 1 heterocycles. The van der Waals surface area contributed by atoms with Crippen molar-refractivity contribution in [3.63, 3.8) is 0 Å². The van der Waals surface area contributed by atoms with Crippen molar-refractivity contribution in [1.82, 2.24) is 20.2 Å². The molecule has 0 unspecified atom stereocenters. The third-order valence-corrected chi connectivity index (χ3v) is 5.76. The quantitative estimate of drug-likeness (QED) is 0.162. The number of anilines is 1. The molecule has 2 N–H and O–H groups in total. The molecule has 0 fully saturated rings. The molecule has 6 nitrogen and oxygen atoms in total. The number of nitrogens with one attached hydrogen (secondary N) is 2. The summed E-state index contributed by atoms with van der Waals surface area (Å²) in [6, 6.07) is 17.9. The van der Waals surface area contributed by atoms with Crippen LogP contribution in [0.3, 0.4) is 0 Å². The summed E-state index contributed by atoms with van der Waals surface area (Å²) >= 11 is 5.28. The molecule has 0 aliphatic heterocycles. The van der Waals surface area contributed by atoms with Crippen molar-refractivity contribution in [3.8, 4) is 17.1 Å². The van der Waals surface area contributed by atoms with Gasteiger partial charge in [0.1, 0.15) is 12.1 Å². The predicted molar refractivity (Wildman–Crippen MR) is 144 cm³/mol. The first-order chi connectivity index (χ1) is 17.6. The molecule has 0 aliphatic rings. The van der Waals surface area contributed by atoms with E-state index in [1.165, 1.54) is 35.3 Å². The van der Waals surface area contributed by atoms with Crippen LogP contribution >= 0.6 is 12.2 Å². The Labute approximate surface area is 218 Å². The summed E-state index contributed by atoms with van der Waals surface area (Å²) in [5, 5.41) is 11.8. The molecule has 1 aromatic heterocycles. The molecule has 0 spiro atoms. The number of thiocarbonyl (C=S) groups is 1. The van der Waals surface area contributed by atoms with Crippen molar-refractivity contribution >= 4 is 29.2 Å². The van der Waals surface area contributed by atoms with Crippen LogP contribution in [0, 0.1) is 5.82 Å². The molecule has 0 saturated heterocycles. The Kier molecular flexibility index (Phi) is 7.68. The van der Waals surface area contributed by atoms with Gasteiger partial charge in [0.25, 0.3) is 5.92 Å². The minimum Gasteiger partial charge on any atom is -0.331 e. The van der Waals surface area contributed by atoms with E-state index in [1.807, 2.05) is 38.1 Å². The van der Waals surface area contributed by atoms with Crippen molar-refractivity contribution in [1.29, 1.82) is 0 Å². The van der Waals surface area contributed by atoms with Crippen LogP contribution < -0.4 is 10.7 Å². The molecule has 3 aromatic carbocycles. The predicted octanol–water partition coefficient (Wildman–Crippen LogP) is 6.63. The van der Waals surface area contributed by atoms with Gasteiger partial charge < -0.3 is 5.32 Å². The highest BCUT2D eigenvalue weighted by molar-refractivity contribution is 7.80. The molecule has 0 bridgehead atoms. The lowest BCUT2D eigenvalue weighted by molar-refractivity contribution is 0.0175. The fourth-order valence-electron chi connectivity index (χ4n) is 3.60. The highest BCUT2D eigenvalue weighted by atomic mass is 32.1. The fourth-order valence-corrected chi connectivity index (χ4v) is 3.76. The van der Waals surface area contributed by atoms with E-state index in [0.717, 1.165) is 23.6 Å². The van der Waals surface area contributed by atoms with Gasteiger partial charge in [-0.25, -0.2) is 22.8 Å². The van der Waals surface area contributed by atoms with Crippen LogP contribution in [0.25, 0.3) is 17.1 Å². The van der Waals surface area contributed by atoms with E-state index in [9.17, 15) is 13.2 Å². The van der Waals surface area contributed by atoms with E-state index >= 15 is 0 Å². The average molecular weight is 523 g/mol. The lowest BCUT2D eigenvalue weighted by Crippen LogP contribution is -2.24. The molecular weight excluding hydrogens is 497 g/mol. The zero-order chi connectivity index (χ0) is 26.6. The van der Waals surface area contributed by atoms with Crippen molar-refractivity contribution in [3.05, 3.63) is 95.6 Å². The highest BCUT2D eigenvalue weighted by Crippen LogP contribution is 2.28. The lowest BCUT2D eigenvalue weighted by atomic mass is 10.0. The Morgan fingerprint density at radius 2 is 1.76 bits per heavy atom. The molecular formula is C27H25F3N6S. The first kappa shape index (κ1) is 26.0. The van der Waals surface area contributed by atoms with E-state index in [-0.39, 0.29) is 22.4 Å². The largest absolute Gasteiger partial charge is 0.331 e. The summed E-state index contributed by atoms with van der Waals surface area (Å²) in [4.78, 5) is 4.32. The van der Waals surface area contributed by atoms with E-state index in [2.05, 4.69) is 25.9 Å². The Bertz CT molecular complexity index is 1410. The second kappa shape index (κ2) is 10.9. The smallest absolute Gasteiger partial charge is 0.270 e. The molecule has 37 heavy (non-hydrogen) atoms. The van der Waals surface area contributed by atoms with Gasteiger partial charge in [-0.1, -0.05) is 56.3 Å². The maximum absolute atomic E-state index is 13.7. The van der Waals surface area contributed by atoms with E-state index in [4.69, 9.17) is 12.2 Å². The molecule has 0 radical (unpaired) electrons. The van der Waals surface area contributed by atoms with Crippen LogP contribution in [0.1, 0.15) is 43.4 Å². The van der Waals surface area contributed by atoms with Gasteiger partial charge in [0, 0.05) is 23.7 Å². The van der Waals surface area contributed by atoms with Crippen molar-refractivity contribution in [2.75, 3.05) is 5.32 Å². The average Bonchev–Trinajstić information content (AvgIpc) is 3.34. The second-order valence-corrected chi connectivity index (χ2v) is 9.19. The number of hydrogen-bond acceptors (Lipinski definition) is 4. The third kappa shape index (κ3) is 6.59. The van der Waals surface area contributed by atoms with Crippen molar-refractivity contribution < 1.29 is 13.2 Å². The fraction of sp³-hybridized carbons (Fsp3) is 0.185. The molecule has 10 heteroatoms. The van der Waals surface area contributed by atoms with Gasteiger partial charge in [-0.3, -0.25) is 5.43 Å². The minimum absolute atomic E-state index is 0.0610. The van der Waals surface area contributed by atoms with Crippen LogP contribution in [0.2, 0.25) is 0 Å². The van der Waals surface area contributed by atoms with Gasteiger partial charge >= 0.3 is 0 Å². The number of alkyl halides is 2. The van der Waals surface area contributed by atoms with Gasteiger partial charge in [-0.15, -0.1) is 5.10 Å². The minimum atomic E-state index is -2.90. The van der Waals surface area contributed by atoms with Gasteiger partial charge in [0.15, 0.2) is 10.9 Å². The van der Waals surface area contributed by atoms with E-state index < -0.39 is 5.92 Å². The molecule has 0 aliphatic carbocycles. The summed E-state index contributed by atoms with van der Waals surface area (Å²) in [7, 11) is 0. The van der Waals surface area contributed by atoms with Gasteiger partial charge in [-0.2, -0.15) is 5.10 Å². The van der Waals surface area contributed by atoms with Crippen molar-refractivity contribution in [2.45, 2.75) is 32.6 Å². The Morgan fingerprint density at radius 3 is 2.41 bits per heavy atom. The van der Waals surface area contributed by atoms with Gasteiger partial charge in [0.2, 0.25) is 0 Å². The van der Waals surface area contributed by atoms with Crippen LogP contribution in [0.5, 0.6) is 0 Å². The number of benzene rings is 3. The molecule has 4 aromatic rings. The third-order valence-electron chi connectivity index (χ3n) is 5.56. The molecule has 0 atom stereocenters. The standard InChI is InChI=1S/C27H25F3N6S/c1-17(2)23-13-10-21(28)14-24(23)33-26(37)34-32-15-18-4-6-19(7-5-18)25-31-16-36(35-25)22-11-8-20(9-12-22)27(3,29)30/h4-17H,1-3H3,(H2,33,34,37)/b32-15+. The summed E-state index contributed by atoms with van der Waals surface area (Å²) in [5.74, 6) is -2.56. The molecule has 4 rings (SSSR count). The topological polar surface area (TPSA) is 67.1 Å². The summed E-state index contributed by atoms with van der Waals surface area (Å²) in [6.07, 6.45) is 3.13. The molecule has 0 amide bonds. The maximum atomic E-state index is 13.7. The normalized spacial score (nSPS) is 11.8.